The molecule has 1 saturated heterocycles. The number of rotatable bonds is 3. The molecule has 1 aliphatic heterocycles. The van der Waals surface area contributed by atoms with Gasteiger partial charge < -0.3 is 10.1 Å². The molecule has 12 heavy (non-hydrogen) atoms. The van der Waals surface area contributed by atoms with E-state index in [1.165, 1.54) is 0 Å². The maximum atomic E-state index is 11.3. The molecule has 0 aromatic carbocycles. The smallest absolute Gasteiger partial charge is 0.223 e. The van der Waals surface area contributed by atoms with Crippen molar-refractivity contribution >= 4 is 5.91 Å². The van der Waals surface area contributed by atoms with Crippen molar-refractivity contribution in [2.45, 2.75) is 32.7 Å². The van der Waals surface area contributed by atoms with Gasteiger partial charge in [0.25, 0.3) is 0 Å². The van der Waals surface area contributed by atoms with Crippen LogP contribution >= 0.6 is 0 Å². The lowest BCUT2D eigenvalue weighted by Crippen LogP contribution is -2.62. The van der Waals surface area contributed by atoms with Gasteiger partial charge in [0.15, 0.2) is 0 Å². The second kappa shape index (κ2) is 3.44. The molecule has 0 atom stereocenters. The van der Waals surface area contributed by atoms with Crippen LogP contribution < -0.4 is 5.32 Å². The SMILES string of the molecule is CCC1(NC(=O)C(C)C)COC1. The maximum Gasteiger partial charge on any atom is 0.223 e. The van der Waals surface area contributed by atoms with Crippen LogP contribution in [-0.2, 0) is 9.53 Å². The van der Waals surface area contributed by atoms with E-state index in [9.17, 15) is 4.79 Å². The van der Waals surface area contributed by atoms with Gasteiger partial charge in [-0.3, -0.25) is 4.79 Å². The Hall–Kier alpha value is -0.570. The van der Waals surface area contributed by atoms with Gasteiger partial charge in [-0.15, -0.1) is 0 Å². The lowest BCUT2D eigenvalue weighted by Gasteiger charge is -2.41. The molecule has 1 N–H and O–H groups in total. The second-order valence-electron chi connectivity index (χ2n) is 3.77. The maximum absolute atomic E-state index is 11.3. The van der Waals surface area contributed by atoms with E-state index >= 15 is 0 Å². The fraction of sp³-hybridized carbons (Fsp3) is 0.889. The van der Waals surface area contributed by atoms with Crippen molar-refractivity contribution in [3.8, 4) is 0 Å². The predicted octanol–water partition coefficient (Wildman–Crippen LogP) is 0.938. The van der Waals surface area contributed by atoms with Gasteiger partial charge in [0.05, 0.1) is 18.8 Å². The molecule has 1 heterocycles. The summed E-state index contributed by atoms with van der Waals surface area (Å²) in [5.74, 6) is 0.189. The molecule has 1 fully saturated rings. The van der Waals surface area contributed by atoms with Crippen molar-refractivity contribution in [1.82, 2.24) is 5.32 Å². The van der Waals surface area contributed by atoms with Crippen molar-refractivity contribution in [3.05, 3.63) is 0 Å². The molecule has 70 valence electrons. The number of hydrogen-bond acceptors (Lipinski definition) is 2. The summed E-state index contributed by atoms with van der Waals surface area (Å²) in [5.41, 5.74) is -0.0542. The average molecular weight is 171 g/mol. The zero-order valence-electron chi connectivity index (χ0n) is 8.02. The Kier molecular flexibility index (Phi) is 2.73. The molecular weight excluding hydrogens is 154 g/mol. The van der Waals surface area contributed by atoms with E-state index in [0.717, 1.165) is 6.42 Å². The largest absolute Gasteiger partial charge is 0.376 e. The van der Waals surface area contributed by atoms with E-state index < -0.39 is 0 Å². The lowest BCUT2D eigenvalue weighted by atomic mass is 9.93. The molecule has 0 spiro atoms. The number of nitrogens with one attached hydrogen (secondary N) is 1. The van der Waals surface area contributed by atoms with Crippen LogP contribution in [0.15, 0.2) is 0 Å². The first-order valence-corrected chi connectivity index (χ1v) is 4.49. The van der Waals surface area contributed by atoms with E-state index in [0.29, 0.717) is 13.2 Å². The van der Waals surface area contributed by atoms with E-state index in [1.807, 2.05) is 13.8 Å². The summed E-state index contributed by atoms with van der Waals surface area (Å²) in [6.45, 7) is 7.21. The molecule has 1 aliphatic rings. The highest BCUT2D eigenvalue weighted by Gasteiger charge is 2.38. The highest BCUT2D eigenvalue weighted by molar-refractivity contribution is 5.78. The molecule has 1 amide bonds. The summed E-state index contributed by atoms with van der Waals surface area (Å²) in [6, 6.07) is 0. The van der Waals surface area contributed by atoms with E-state index in [-0.39, 0.29) is 17.4 Å². The first-order valence-electron chi connectivity index (χ1n) is 4.49. The summed E-state index contributed by atoms with van der Waals surface area (Å²) < 4.78 is 5.10. The van der Waals surface area contributed by atoms with E-state index in [4.69, 9.17) is 4.74 Å². The van der Waals surface area contributed by atoms with Gasteiger partial charge in [-0.2, -0.15) is 0 Å². The molecule has 0 aromatic rings. The van der Waals surface area contributed by atoms with Crippen LogP contribution in [0.1, 0.15) is 27.2 Å². The minimum absolute atomic E-state index is 0.0542. The van der Waals surface area contributed by atoms with Gasteiger partial charge in [-0.05, 0) is 6.42 Å². The Morgan fingerprint density at radius 2 is 2.17 bits per heavy atom. The van der Waals surface area contributed by atoms with Gasteiger partial charge in [0.1, 0.15) is 0 Å². The van der Waals surface area contributed by atoms with Gasteiger partial charge in [-0.1, -0.05) is 20.8 Å². The zero-order chi connectivity index (χ0) is 9.19. The normalized spacial score (nSPS) is 20.3. The van der Waals surface area contributed by atoms with Crippen LogP contribution in [-0.4, -0.2) is 24.7 Å². The summed E-state index contributed by atoms with van der Waals surface area (Å²) in [6.07, 6.45) is 0.950. The molecule has 3 heteroatoms. The second-order valence-corrected chi connectivity index (χ2v) is 3.77. The molecular formula is C9H17NO2. The van der Waals surface area contributed by atoms with Crippen molar-refractivity contribution in [2.24, 2.45) is 5.92 Å². The predicted molar refractivity (Wildman–Crippen MR) is 46.8 cm³/mol. The highest BCUT2D eigenvalue weighted by atomic mass is 16.5. The van der Waals surface area contributed by atoms with Gasteiger partial charge in [0.2, 0.25) is 5.91 Å². The summed E-state index contributed by atoms with van der Waals surface area (Å²) >= 11 is 0. The number of amides is 1. The highest BCUT2D eigenvalue weighted by Crippen LogP contribution is 2.20. The van der Waals surface area contributed by atoms with Crippen LogP contribution in [0.4, 0.5) is 0 Å². The summed E-state index contributed by atoms with van der Waals surface area (Å²) in [4.78, 5) is 11.3. The van der Waals surface area contributed by atoms with Crippen molar-refractivity contribution in [2.75, 3.05) is 13.2 Å². The van der Waals surface area contributed by atoms with Crippen molar-refractivity contribution in [3.63, 3.8) is 0 Å². The number of carbonyl (C=O) groups excluding carboxylic acids is 1. The first-order chi connectivity index (χ1) is 5.59. The molecule has 1 rings (SSSR count). The third-order valence-electron chi connectivity index (χ3n) is 2.35. The number of hydrogen-bond donors (Lipinski definition) is 1. The topological polar surface area (TPSA) is 38.3 Å². The number of carbonyl (C=O) groups is 1. The fourth-order valence-corrected chi connectivity index (χ4v) is 1.12. The van der Waals surface area contributed by atoms with Crippen LogP contribution in [0.5, 0.6) is 0 Å². The summed E-state index contributed by atoms with van der Waals surface area (Å²) in [5, 5.41) is 3.02. The first kappa shape index (κ1) is 9.52. The van der Waals surface area contributed by atoms with E-state index in [1.54, 1.807) is 0 Å². The Bertz CT molecular complexity index is 168. The van der Waals surface area contributed by atoms with Crippen molar-refractivity contribution in [1.29, 1.82) is 0 Å². The molecule has 0 saturated carbocycles. The minimum Gasteiger partial charge on any atom is -0.376 e. The van der Waals surface area contributed by atoms with Crippen LogP contribution in [0.2, 0.25) is 0 Å². The Labute approximate surface area is 73.5 Å². The standard InChI is InChI=1S/C9H17NO2/c1-4-9(5-12-6-9)10-8(11)7(2)3/h7H,4-6H2,1-3H3,(H,10,11). The third kappa shape index (κ3) is 1.78. The Morgan fingerprint density at radius 1 is 1.58 bits per heavy atom. The third-order valence-corrected chi connectivity index (χ3v) is 2.35. The van der Waals surface area contributed by atoms with Gasteiger partial charge in [0, 0.05) is 5.92 Å². The van der Waals surface area contributed by atoms with Crippen LogP contribution in [0, 0.1) is 5.92 Å². The zero-order valence-corrected chi connectivity index (χ0v) is 8.02. The van der Waals surface area contributed by atoms with Gasteiger partial charge in [-0.25, -0.2) is 0 Å². The molecule has 0 aliphatic carbocycles. The molecule has 0 aromatic heterocycles. The minimum atomic E-state index is -0.0542. The Morgan fingerprint density at radius 3 is 2.42 bits per heavy atom. The molecule has 0 radical (unpaired) electrons. The fourth-order valence-electron chi connectivity index (χ4n) is 1.12. The van der Waals surface area contributed by atoms with E-state index in [2.05, 4.69) is 12.2 Å². The van der Waals surface area contributed by atoms with Crippen molar-refractivity contribution < 1.29 is 9.53 Å². The molecule has 0 bridgehead atoms. The van der Waals surface area contributed by atoms with Gasteiger partial charge >= 0.3 is 0 Å². The molecule has 0 unspecified atom stereocenters. The van der Waals surface area contributed by atoms with Crippen LogP contribution in [0.25, 0.3) is 0 Å². The molecule has 3 nitrogen and oxygen atoms in total. The monoisotopic (exact) mass is 171 g/mol. The number of ether oxygens (including phenoxy) is 1. The van der Waals surface area contributed by atoms with Crippen LogP contribution in [0.3, 0.4) is 0 Å². The Balaban J connectivity index is 2.43. The lowest BCUT2D eigenvalue weighted by molar-refractivity contribution is -0.135. The summed E-state index contributed by atoms with van der Waals surface area (Å²) in [7, 11) is 0. The average Bonchev–Trinajstić information content (AvgIpc) is 1.96. The quantitative estimate of drug-likeness (QED) is 0.686.